The van der Waals surface area contributed by atoms with Gasteiger partial charge in [-0.15, -0.1) is 10.2 Å². The minimum Gasteiger partial charge on any atom is -0.497 e. The Morgan fingerprint density at radius 3 is 2.65 bits per heavy atom. The highest BCUT2D eigenvalue weighted by Crippen LogP contribution is 2.28. The molecular formula is C23H24N4O3S. The number of rotatable bonds is 6. The number of methoxy groups -OCH3 is 1. The van der Waals surface area contributed by atoms with Crippen LogP contribution in [-0.2, 0) is 16.0 Å². The molecule has 31 heavy (non-hydrogen) atoms. The van der Waals surface area contributed by atoms with Crippen LogP contribution < -0.4 is 15.0 Å². The number of carbonyl (C=O) groups is 2. The number of nitrogens with zero attached hydrogens (tertiary/aromatic N) is 3. The number of carbonyl (C=O) groups excluding carboxylic acids is 2. The minimum absolute atomic E-state index is 0.0409. The Hall–Kier alpha value is -3.26. The van der Waals surface area contributed by atoms with Crippen molar-refractivity contribution in [1.82, 2.24) is 10.2 Å². The van der Waals surface area contributed by atoms with Gasteiger partial charge in [0.05, 0.1) is 13.0 Å². The van der Waals surface area contributed by atoms with Gasteiger partial charge >= 0.3 is 0 Å². The predicted molar refractivity (Wildman–Crippen MR) is 121 cm³/mol. The molecule has 2 heterocycles. The van der Waals surface area contributed by atoms with E-state index in [0.717, 1.165) is 27.6 Å². The highest BCUT2D eigenvalue weighted by atomic mass is 32.1. The average molecular weight is 437 g/mol. The molecule has 1 atom stereocenters. The third kappa shape index (κ3) is 4.74. The Morgan fingerprint density at radius 1 is 1.16 bits per heavy atom. The van der Waals surface area contributed by atoms with Crippen molar-refractivity contribution < 1.29 is 14.3 Å². The van der Waals surface area contributed by atoms with Gasteiger partial charge < -0.3 is 15.0 Å². The summed E-state index contributed by atoms with van der Waals surface area (Å²) >= 11 is 1.34. The molecule has 3 aromatic rings. The average Bonchev–Trinajstić information content (AvgIpc) is 3.37. The Bertz CT molecular complexity index is 1110. The second-order valence-electron chi connectivity index (χ2n) is 7.69. The standard InChI is InChI=1S/C23H24N4O3S/c1-14-4-7-18(10-15(14)2)27-13-17(12-21(27)28)22(29)24-23-26-25-20(31-23)11-16-5-8-19(30-3)9-6-16/h4-10,17H,11-13H2,1-3H3,(H,24,26,29). The summed E-state index contributed by atoms with van der Waals surface area (Å²) in [6, 6.07) is 13.7. The predicted octanol–water partition coefficient (Wildman–Crippen LogP) is 3.75. The van der Waals surface area contributed by atoms with Gasteiger partial charge in [0, 0.05) is 25.1 Å². The molecule has 1 fully saturated rings. The zero-order valence-electron chi connectivity index (χ0n) is 17.7. The van der Waals surface area contributed by atoms with Crippen LogP contribution in [0.4, 0.5) is 10.8 Å². The molecule has 1 unspecified atom stereocenters. The summed E-state index contributed by atoms with van der Waals surface area (Å²) in [7, 11) is 1.63. The van der Waals surface area contributed by atoms with E-state index in [2.05, 4.69) is 15.5 Å². The smallest absolute Gasteiger partial charge is 0.231 e. The normalized spacial score (nSPS) is 15.9. The van der Waals surface area contributed by atoms with E-state index in [4.69, 9.17) is 4.74 Å². The zero-order chi connectivity index (χ0) is 22.0. The first kappa shape index (κ1) is 21.0. The van der Waals surface area contributed by atoms with E-state index in [0.29, 0.717) is 18.1 Å². The molecular weight excluding hydrogens is 412 g/mol. The molecule has 7 nitrogen and oxygen atoms in total. The second-order valence-corrected chi connectivity index (χ2v) is 8.75. The number of aromatic nitrogens is 2. The van der Waals surface area contributed by atoms with Crippen LogP contribution in [0.15, 0.2) is 42.5 Å². The molecule has 0 radical (unpaired) electrons. The fraction of sp³-hybridized carbons (Fsp3) is 0.304. The third-order valence-electron chi connectivity index (χ3n) is 5.51. The maximum Gasteiger partial charge on any atom is 0.231 e. The summed E-state index contributed by atoms with van der Waals surface area (Å²) in [4.78, 5) is 26.9. The number of hydrogen-bond acceptors (Lipinski definition) is 6. The van der Waals surface area contributed by atoms with E-state index in [1.807, 2.05) is 56.3 Å². The molecule has 0 spiro atoms. The van der Waals surface area contributed by atoms with E-state index in [-0.39, 0.29) is 18.2 Å². The van der Waals surface area contributed by atoms with E-state index in [1.54, 1.807) is 12.0 Å². The lowest BCUT2D eigenvalue weighted by Gasteiger charge is -2.17. The van der Waals surface area contributed by atoms with Crippen LogP contribution in [-0.4, -0.2) is 35.7 Å². The van der Waals surface area contributed by atoms with Crippen molar-refractivity contribution in [1.29, 1.82) is 0 Å². The van der Waals surface area contributed by atoms with Gasteiger partial charge in [0.15, 0.2) is 0 Å². The molecule has 4 rings (SSSR count). The topological polar surface area (TPSA) is 84.4 Å². The molecule has 160 valence electrons. The van der Waals surface area contributed by atoms with Crippen LogP contribution in [0, 0.1) is 19.8 Å². The summed E-state index contributed by atoms with van der Waals surface area (Å²) in [5, 5.41) is 12.3. The fourth-order valence-electron chi connectivity index (χ4n) is 3.53. The molecule has 0 aliphatic carbocycles. The van der Waals surface area contributed by atoms with Gasteiger partial charge in [0.25, 0.3) is 0 Å². The van der Waals surface area contributed by atoms with Crippen molar-refractivity contribution in [2.45, 2.75) is 26.7 Å². The van der Waals surface area contributed by atoms with E-state index < -0.39 is 5.92 Å². The Morgan fingerprint density at radius 2 is 1.94 bits per heavy atom. The van der Waals surface area contributed by atoms with Crippen molar-refractivity contribution in [3.8, 4) is 5.75 Å². The summed E-state index contributed by atoms with van der Waals surface area (Å²) in [6.45, 7) is 4.42. The SMILES string of the molecule is COc1ccc(Cc2nnc(NC(=O)C3CC(=O)N(c4ccc(C)c(C)c4)C3)s2)cc1. The number of ether oxygens (including phenoxy) is 1. The van der Waals surface area contributed by atoms with Gasteiger partial charge in [0.1, 0.15) is 10.8 Å². The van der Waals surface area contributed by atoms with Crippen molar-refractivity contribution in [3.63, 3.8) is 0 Å². The second kappa shape index (κ2) is 8.85. The Kier molecular flexibility index (Phi) is 5.99. The van der Waals surface area contributed by atoms with Crippen LogP contribution in [0.2, 0.25) is 0 Å². The van der Waals surface area contributed by atoms with Gasteiger partial charge in [-0.1, -0.05) is 29.5 Å². The first-order chi connectivity index (χ1) is 14.9. The highest BCUT2D eigenvalue weighted by Gasteiger charge is 2.35. The van der Waals surface area contributed by atoms with E-state index in [1.165, 1.54) is 16.9 Å². The molecule has 1 aliphatic heterocycles. The summed E-state index contributed by atoms with van der Waals surface area (Å²) in [5.41, 5.74) is 4.21. The van der Waals surface area contributed by atoms with Crippen molar-refractivity contribution in [3.05, 3.63) is 64.2 Å². The molecule has 2 aromatic carbocycles. The van der Waals surface area contributed by atoms with Crippen LogP contribution >= 0.6 is 11.3 Å². The van der Waals surface area contributed by atoms with Gasteiger partial charge in [-0.2, -0.15) is 0 Å². The van der Waals surface area contributed by atoms with Crippen LogP contribution in [0.1, 0.15) is 28.1 Å². The van der Waals surface area contributed by atoms with Gasteiger partial charge in [-0.3, -0.25) is 9.59 Å². The molecule has 1 N–H and O–H groups in total. The number of benzene rings is 2. The lowest BCUT2D eigenvalue weighted by Crippen LogP contribution is -2.28. The van der Waals surface area contributed by atoms with Crippen LogP contribution in [0.3, 0.4) is 0 Å². The number of amides is 2. The molecule has 8 heteroatoms. The maximum absolute atomic E-state index is 12.7. The molecule has 0 bridgehead atoms. The van der Waals surface area contributed by atoms with Crippen LogP contribution in [0.25, 0.3) is 0 Å². The Labute approximate surface area is 185 Å². The van der Waals surface area contributed by atoms with Gasteiger partial charge in [-0.25, -0.2) is 0 Å². The van der Waals surface area contributed by atoms with Crippen molar-refractivity contribution in [2.24, 2.45) is 5.92 Å². The quantitative estimate of drug-likeness (QED) is 0.636. The monoisotopic (exact) mass is 436 g/mol. The van der Waals surface area contributed by atoms with E-state index in [9.17, 15) is 9.59 Å². The number of aryl methyl sites for hydroxylation is 2. The van der Waals surface area contributed by atoms with Crippen LogP contribution in [0.5, 0.6) is 5.75 Å². The minimum atomic E-state index is -0.414. The summed E-state index contributed by atoms with van der Waals surface area (Å²) in [5.74, 6) is 0.144. The summed E-state index contributed by atoms with van der Waals surface area (Å²) in [6.07, 6.45) is 0.816. The third-order valence-corrected chi connectivity index (χ3v) is 6.35. The van der Waals surface area contributed by atoms with E-state index >= 15 is 0 Å². The summed E-state index contributed by atoms with van der Waals surface area (Å²) < 4.78 is 5.17. The zero-order valence-corrected chi connectivity index (χ0v) is 18.5. The molecule has 1 aliphatic rings. The van der Waals surface area contributed by atoms with Crippen molar-refractivity contribution >= 4 is 34.0 Å². The van der Waals surface area contributed by atoms with Crippen molar-refractivity contribution in [2.75, 3.05) is 23.9 Å². The molecule has 2 amide bonds. The lowest BCUT2D eigenvalue weighted by atomic mass is 10.1. The lowest BCUT2D eigenvalue weighted by molar-refractivity contribution is -0.122. The van der Waals surface area contributed by atoms with Gasteiger partial charge in [-0.05, 0) is 54.8 Å². The Balaban J connectivity index is 1.37. The first-order valence-electron chi connectivity index (χ1n) is 10.1. The molecule has 1 saturated heterocycles. The van der Waals surface area contributed by atoms with Gasteiger partial charge in [0.2, 0.25) is 16.9 Å². The molecule has 0 saturated carbocycles. The highest BCUT2D eigenvalue weighted by molar-refractivity contribution is 7.15. The number of nitrogens with one attached hydrogen (secondary N) is 1. The fourth-order valence-corrected chi connectivity index (χ4v) is 4.30. The maximum atomic E-state index is 12.7. The largest absolute Gasteiger partial charge is 0.497 e. The molecule has 1 aromatic heterocycles. The first-order valence-corrected chi connectivity index (χ1v) is 10.9. The number of anilines is 2. The number of hydrogen-bond donors (Lipinski definition) is 1.